The molecule has 108 valence electrons. The van der Waals surface area contributed by atoms with E-state index in [0.717, 1.165) is 0 Å². The molecule has 7 nitrogen and oxygen atoms in total. The third-order valence-electron chi connectivity index (χ3n) is 2.43. The van der Waals surface area contributed by atoms with Crippen LogP contribution in [-0.4, -0.2) is 39.1 Å². The van der Waals surface area contributed by atoms with Gasteiger partial charge in [0.1, 0.15) is 16.3 Å². The first-order chi connectivity index (χ1) is 9.40. The Labute approximate surface area is 123 Å². The summed E-state index contributed by atoms with van der Waals surface area (Å²) in [5.74, 6) is -2.83. The zero-order valence-corrected chi connectivity index (χ0v) is 12.0. The minimum Gasteiger partial charge on any atom is -0.481 e. The van der Waals surface area contributed by atoms with Crippen LogP contribution in [0.15, 0.2) is 22.8 Å². The van der Waals surface area contributed by atoms with Crippen molar-refractivity contribution in [1.82, 2.24) is 10.3 Å². The normalized spacial score (nSPS) is 11.7. The molecule has 0 bridgehead atoms. The summed E-state index contributed by atoms with van der Waals surface area (Å²) in [4.78, 5) is 37.1. The molecule has 0 aliphatic carbocycles. The second-order valence-electron chi connectivity index (χ2n) is 4.00. The summed E-state index contributed by atoms with van der Waals surface area (Å²) in [6.07, 6.45) is 0.0641. The Morgan fingerprint density at radius 1 is 1.30 bits per heavy atom. The zero-order valence-electron chi connectivity index (χ0n) is 10.4. The maximum atomic E-state index is 11.8. The highest BCUT2D eigenvalue weighted by molar-refractivity contribution is 9.10. The number of carbonyl (C=O) groups is 3. The number of carboxylic acids is 2. The van der Waals surface area contributed by atoms with Crippen LogP contribution in [0, 0.1) is 0 Å². The fourth-order valence-corrected chi connectivity index (χ4v) is 1.83. The lowest BCUT2D eigenvalue weighted by molar-refractivity contribution is -0.140. The predicted molar refractivity (Wildman–Crippen MR) is 72.3 cm³/mol. The average Bonchev–Trinajstić information content (AvgIpc) is 2.36. The number of hydrogen-bond acceptors (Lipinski definition) is 4. The largest absolute Gasteiger partial charge is 0.481 e. The molecule has 1 heterocycles. The number of amides is 1. The molecule has 0 fully saturated rings. The monoisotopic (exact) mass is 344 g/mol. The maximum absolute atomic E-state index is 11.8. The average molecular weight is 345 g/mol. The molecule has 1 rings (SSSR count). The van der Waals surface area contributed by atoms with Crippen LogP contribution >= 0.6 is 15.9 Å². The molecule has 0 unspecified atom stereocenters. The fraction of sp³-hybridized carbons (Fsp3) is 0.333. The van der Waals surface area contributed by atoms with Gasteiger partial charge >= 0.3 is 11.9 Å². The highest BCUT2D eigenvalue weighted by Gasteiger charge is 2.21. The van der Waals surface area contributed by atoms with Gasteiger partial charge in [0.05, 0.1) is 0 Å². The van der Waals surface area contributed by atoms with E-state index in [9.17, 15) is 14.4 Å². The molecule has 0 aromatic carbocycles. The van der Waals surface area contributed by atoms with Crippen LogP contribution in [0.2, 0.25) is 0 Å². The predicted octanol–water partition coefficient (Wildman–Crippen LogP) is 1.28. The molecular weight excluding hydrogens is 332 g/mol. The lowest BCUT2D eigenvalue weighted by Gasteiger charge is -2.13. The summed E-state index contributed by atoms with van der Waals surface area (Å²) < 4.78 is 0.461. The van der Waals surface area contributed by atoms with Crippen molar-refractivity contribution in [3.63, 3.8) is 0 Å². The van der Waals surface area contributed by atoms with Crippen LogP contribution in [0.1, 0.15) is 29.8 Å². The minimum absolute atomic E-state index is 0.0430. The lowest BCUT2D eigenvalue weighted by atomic mass is 10.1. The molecule has 1 aromatic heterocycles. The number of halogens is 1. The van der Waals surface area contributed by atoms with Gasteiger partial charge in [0.25, 0.3) is 5.91 Å². The molecule has 0 saturated heterocycles. The van der Waals surface area contributed by atoms with Crippen molar-refractivity contribution in [2.24, 2.45) is 0 Å². The molecule has 0 aliphatic heterocycles. The molecule has 3 N–H and O–H groups in total. The van der Waals surface area contributed by atoms with Gasteiger partial charge in [-0.25, -0.2) is 9.78 Å². The van der Waals surface area contributed by atoms with E-state index in [4.69, 9.17) is 10.2 Å². The number of carboxylic acid groups (broad SMARTS) is 2. The van der Waals surface area contributed by atoms with Gasteiger partial charge in [-0.1, -0.05) is 6.07 Å². The van der Waals surface area contributed by atoms with E-state index in [1.807, 2.05) is 0 Å². The van der Waals surface area contributed by atoms with Crippen molar-refractivity contribution in [3.05, 3.63) is 28.5 Å². The molecule has 1 amide bonds. The van der Waals surface area contributed by atoms with Crippen molar-refractivity contribution in [1.29, 1.82) is 0 Å². The molecule has 0 aliphatic rings. The third-order valence-corrected chi connectivity index (χ3v) is 2.88. The highest BCUT2D eigenvalue weighted by Crippen LogP contribution is 2.07. The topological polar surface area (TPSA) is 117 Å². The lowest BCUT2D eigenvalue weighted by Crippen LogP contribution is -2.41. The summed E-state index contributed by atoms with van der Waals surface area (Å²) >= 11 is 3.11. The highest BCUT2D eigenvalue weighted by atomic mass is 79.9. The molecule has 1 atom stereocenters. The number of rotatable bonds is 7. The van der Waals surface area contributed by atoms with Crippen LogP contribution in [0.4, 0.5) is 0 Å². The van der Waals surface area contributed by atoms with Crippen molar-refractivity contribution in [2.75, 3.05) is 0 Å². The van der Waals surface area contributed by atoms with Gasteiger partial charge in [-0.2, -0.15) is 0 Å². The van der Waals surface area contributed by atoms with E-state index in [0.29, 0.717) is 4.60 Å². The molecule has 20 heavy (non-hydrogen) atoms. The Morgan fingerprint density at radius 2 is 2.00 bits per heavy atom. The Balaban J connectivity index is 2.63. The van der Waals surface area contributed by atoms with Gasteiger partial charge in [0.2, 0.25) is 0 Å². The summed E-state index contributed by atoms with van der Waals surface area (Å²) in [6.45, 7) is 0. The third kappa shape index (κ3) is 5.35. The Morgan fingerprint density at radius 3 is 2.55 bits per heavy atom. The number of hydrogen-bond donors (Lipinski definition) is 3. The molecule has 0 spiro atoms. The van der Waals surface area contributed by atoms with E-state index in [-0.39, 0.29) is 25.0 Å². The van der Waals surface area contributed by atoms with E-state index in [1.165, 1.54) is 6.07 Å². The Bertz CT molecular complexity index is 520. The van der Waals surface area contributed by atoms with Gasteiger partial charge in [-0.15, -0.1) is 0 Å². The summed E-state index contributed by atoms with van der Waals surface area (Å²) in [7, 11) is 0. The first-order valence-electron chi connectivity index (χ1n) is 5.78. The fourth-order valence-electron chi connectivity index (χ4n) is 1.48. The summed E-state index contributed by atoms with van der Waals surface area (Å²) in [5.41, 5.74) is 0.0869. The standard InChI is InChI=1S/C12H13BrN2O5/c13-9-5-1-3-7(14-9)11(18)15-8(12(19)20)4-2-6-10(16)17/h1,3,5,8H,2,4,6H2,(H,15,18)(H,16,17)(H,19,20)/t8-/m1/s1. The molecule has 1 aromatic rings. The van der Waals surface area contributed by atoms with Crippen molar-refractivity contribution in [3.8, 4) is 0 Å². The number of aliphatic carboxylic acids is 2. The Hall–Kier alpha value is -1.96. The SMILES string of the molecule is O=C(O)CCC[C@@H](NC(=O)c1cccc(Br)n1)C(=O)O. The zero-order chi connectivity index (χ0) is 15.1. The van der Waals surface area contributed by atoms with Crippen LogP contribution in [0.25, 0.3) is 0 Å². The Kier molecular flexibility index (Phi) is 6.10. The van der Waals surface area contributed by atoms with Crippen molar-refractivity contribution in [2.45, 2.75) is 25.3 Å². The number of pyridine rings is 1. The number of carbonyl (C=O) groups excluding carboxylic acids is 1. The van der Waals surface area contributed by atoms with Crippen LogP contribution in [-0.2, 0) is 9.59 Å². The van der Waals surface area contributed by atoms with E-state index < -0.39 is 23.9 Å². The summed E-state index contributed by atoms with van der Waals surface area (Å²) in [5, 5.41) is 19.8. The number of aromatic nitrogens is 1. The van der Waals surface area contributed by atoms with Crippen molar-refractivity contribution < 1.29 is 24.6 Å². The van der Waals surface area contributed by atoms with Crippen molar-refractivity contribution >= 4 is 33.8 Å². The second kappa shape index (κ2) is 7.59. The number of nitrogens with one attached hydrogen (secondary N) is 1. The van der Waals surface area contributed by atoms with Crippen LogP contribution < -0.4 is 5.32 Å². The molecule has 0 saturated carbocycles. The van der Waals surface area contributed by atoms with E-state index in [1.54, 1.807) is 12.1 Å². The molecular formula is C12H13BrN2O5. The van der Waals surface area contributed by atoms with Crippen LogP contribution in [0.5, 0.6) is 0 Å². The van der Waals surface area contributed by atoms with E-state index >= 15 is 0 Å². The summed E-state index contributed by atoms with van der Waals surface area (Å²) in [6, 6.07) is 3.56. The van der Waals surface area contributed by atoms with Gasteiger partial charge in [-0.05, 0) is 40.9 Å². The van der Waals surface area contributed by atoms with Gasteiger partial charge in [0.15, 0.2) is 0 Å². The van der Waals surface area contributed by atoms with Gasteiger partial charge in [0, 0.05) is 6.42 Å². The minimum atomic E-state index is -1.21. The molecule has 0 radical (unpaired) electrons. The van der Waals surface area contributed by atoms with Crippen LogP contribution in [0.3, 0.4) is 0 Å². The molecule has 8 heteroatoms. The van der Waals surface area contributed by atoms with Gasteiger partial charge in [-0.3, -0.25) is 9.59 Å². The quantitative estimate of drug-likeness (QED) is 0.641. The smallest absolute Gasteiger partial charge is 0.326 e. The maximum Gasteiger partial charge on any atom is 0.326 e. The first-order valence-corrected chi connectivity index (χ1v) is 6.57. The number of nitrogens with zero attached hydrogens (tertiary/aromatic N) is 1. The second-order valence-corrected chi connectivity index (χ2v) is 4.81. The van der Waals surface area contributed by atoms with E-state index in [2.05, 4.69) is 26.2 Å². The van der Waals surface area contributed by atoms with Gasteiger partial charge < -0.3 is 15.5 Å². The first kappa shape index (κ1) is 16.1.